The maximum absolute atomic E-state index is 13.0. The largest absolute Gasteiger partial charge is 0.342 e. The molecule has 0 radical (unpaired) electrons. The standard InChI is InChI=1S/C16H19FN4O/c17-15-5-3-13(4-6-15)14-7-9-20(10-14)16(22)2-1-8-21-12-18-11-19-21/h3-6,11-12,14H,1-2,7-10H2/t14-/m0/s1. The van der Waals surface area contributed by atoms with E-state index in [1.165, 1.54) is 18.5 Å². The third kappa shape index (κ3) is 3.50. The Balaban J connectivity index is 1.47. The first-order valence-electron chi connectivity index (χ1n) is 7.58. The van der Waals surface area contributed by atoms with Crippen molar-refractivity contribution in [1.29, 1.82) is 0 Å². The number of rotatable bonds is 5. The Hall–Kier alpha value is -2.24. The molecule has 1 saturated heterocycles. The fourth-order valence-corrected chi connectivity index (χ4v) is 2.89. The lowest BCUT2D eigenvalue weighted by atomic mass is 9.99. The van der Waals surface area contributed by atoms with Crippen LogP contribution in [0.5, 0.6) is 0 Å². The van der Waals surface area contributed by atoms with E-state index in [-0.39, 0.29) is 11.7 Å². The number of nitrogens with zero attached hydrogens (tertiary/aromatic N) is 4. The summed E-state index contributed by atoms with van der Waals surface area (Å²) in [4.78, 5) is 18.0. The monoisotopic (exact) mass is 302 g/mol. The Morgan fingerprint density at radius 2 is 2.14 bits per heavy atom. The molecule has 1 atom stereocenters. The molecule has 3 rings (SSSR count). The van der Waals surface area contributed by atoms with Crippen molar-refractivity contribution < 1.29 is 9.18 Å². The van der Waals surface area contributed by atoms with Crippen LogP contribution in [0.4, 0.5) is 4.39 Å². The second kappa shape index (κ2) is 6.68. The zero-order valence-electron chi connectivity index (χ0n) is 12.4. The molecule has 0 saturated carbocycles. The van der Waals surface area contributed by atoms with Crippen LogP contribution >= 0.6 is 0 Å². The van der Waals surface area contributed by atoms with Gasteiger partial charge in [0, 0.05) is 32.0 Å². The van der Waals surface area contributed by atoms with E-state index < -0.39 is 0 Å². The number of benzene rings is 1. The molecule has 0 N–H and O–H groups in total. The van der Waals surface area contributed by atoms with Crippen molar-refractivity contribution in [3.8, 4) is 0 Å². The third-order valence-electron chi connectivity index (χ3n) is 4.13. The van der Waals surface area contributed by atoms with Crippen LogP contribution in [0.15, 0.2) is 36.9 Å². The molecule has 5 nitrogen and oxygen atoms in total. The molecule has 1 aromatic heterocycles. The van der Waals surface area contributed by atoms with E-state index >= 15 is 0 Å². The summed E-state index contributed by atoms with van der Waals surface area (Å²) >= 11 is 0. The molecule has 2 aromatic rings. The van der Waals surface area contributed by atoms with Gasteiger partial charge >= 0.3 is 0 Å². The van der Waals surface area contributed by atoms with E-state index in [9.17, 15) is 9.18 Å². The van der Waals surface area contributed by atoms with Crippen LogP contribution in [0.3, 0.4) is 0 Å². The minimum atomic E-state index is -0.220. The molecule has 116 valence electrons. The van der Waals surface area contributed by atoms with Gasteiger partial charge in [0.25, 0.3) is 0 Å². The lowest BCUT2D eigenvalue weighted by molar-refractivity contribution is -0.130. The molecule has 0 unspecified atom stereocenters. The number of halogens is 1. The number of carbonyl (C=O) groups excluding carboxylic acids is 1. The molecule has 6 heteroatoms. The Kier molecular flexibility index (Phi) is 4.46. The summed E-state index contributed by atoms with van der Waals surface area (Å²) < 4.78 is 14.7. The second-order valence-corrected chi connectivity index (χ2v) is 5.64. The van der Waals surface area contributed by atoms with Crippen LogP contribution in [0, 0.1) is 5.82 Å². The maximum atomic E-state index is 13.0. The normalized spacial score (nSPS) is 17.9. The lowest BCUT2D eigenvalue weighted by Gasteiger charge is -2.16. The van der Waals surface area contributed by atoms with Crippen molar-refractivity contribution in [3.05, 3.63) is 48.3 Å². The van der Waals surface area contributed by atoms with Gasteiger partial charge in [-0.3, -0.25) is 9.48 Å². The average Bonchev–Trinajstić information content (AvgIpc) is 3.19. The number of hydrogen-bond donors (Lipinski definition) is 0. The second-order valence-electron chi connectivity index (χ2n) is 5.64. The Bertz CT molecular complexity index is 612. The zero-order chi connectivity index (χ0) is 15.4. The number of carbonyl (C=O) groups is 1. The van der Waals surface area contributed by atoms with Gasteiger partial charge in [-0.25, -0.2) is 9.37 Å². The molecule has 1 aromatic carbocycles. The first kappa shape index (κ1) is 14.7. The highest BCUT2D eigenvalue weighted by molar-refractivity contribution is 5.76. The zero-order valence-corrected chi connectivity index (χ0v) is 12.4. The number of hydrogen-bond acceptors (Lipinski definition) is 3. The highest BCUT2D eigenvalue weighted by atomic mass is 19.1. The number of aromatic nitrogens is 3. The van der Waals surface area contributed by atoms with Crippen LogP contribution < -0.4 is 0 Å². The smallest absolute Gasteiger partial charge is 0.222 e. The molecule has 0 aliphatic carbocycles. The van der Waals surface area contributed by atoms with E-state index in [4.69, 9.17) is 0 Å². The first-order valence-corrected chi connectivity index (χ1v) is 7.58. The number of likely N-dealkylation sites (tertiary alicyclic amines) is 1. The molecule has 0 bridgehead atoms. The molecule has 1 aliphatic heterocycles. The molecule has 0 spiro atoms. The van der Waals surface area contributed by atoms with Gasteiger partial charge in [-0.2, -0.15) is 5.10 Å². The number of aryl methyl sites for hydroxylation is 1. The summed E-state index contributed by atoms with van der Waals surface area (Å²) in [5.74, 6) is 0.285. The van der Waals surface area contributed by atoms with Gasteiger partial charge in [0.15, 0.2) is 0 Å². The average molecular weight is 302 g/mol. The van der Waals surface area contributed by atoms with Gasteiger partial charge in [0.05, 0.1) is 0 Å². The Labute approximate surface area is 128 Å². The van der Waals surface area contributed by atoms with Gasteiger partial charge in [-0.05, 0) is 30.5 Å². The summed E-state index contributed by atoms with van der Waals surface area (Å²) in [6.07, 6.45) is 5.39. The summed E-state index contributed by atoms with van der Waals surface area (Å²) in [5.41, 5.74) is 1.11. The van der Waals surface area contributed by atoms with Crippen molar-refractivity contribution in [2.24, 2.45) is 0 Å². The summed E-state index contributed by atoms with van der Waals surface area (Å²) in [7, 11) is 0. The van der Waals surface area contributed by atoms with Crippen molar-refractivity contribution in [2.45, 2.75) is 31.7 Å². The van der Waals surface area contributed by atoms with Crippen LogP contribution in [0.25, 0.3) is 0 Å². The SMILES string of the molecule is O=C(CCCn1cncn1)N1CC[C@H](c2ccc(F)cc2)C1. The number of amides is 1. The predicted octanol–water partition coefficient (Wildman–Crippen LogP) is 2.21. The minimum Gasteiger partial charge on any atom is -0.342 e. The van der Waals surface area contributed by atoms with E-state index in [1.54, 1.807) is 11.0 Å². The van der Waals surface area contributed by atoms with Crippen LogP contribution in [0.1, 0.15) is 30.7 Å². The lowest BCUT2D eigenvalue weighted by Crippen LogP contribution is -2.28. The summed E-state index contributed by atoms with van der Waals surface area (Å²) in [6.45, 7) is 2.22. The molecular weight excluding hydrogens is 283 g/mol. The van der Waals surface area contributed by atoms with Gasteiger partial charge in [-0.1, -0.05) is 12.1 Å². The van der Waals surface area contributed by atoms with Gasteiger partial charge in [0.1, 0.15) is 18.5 Å². The van der Waals surface area contributed by atoms with Crippen LogP contribution in [0.2, 0.25) is 0 Å². The third-order valence-corrected chi connectivity index (χ3v) is 4.13. The molecule has 1 aliphatic rings. The van der Waals surface area contributed by atoms with Gasteiger partial charge in [-0.15, -0.1) is 0 Å². The summed E-state index contributed by atoms with van der Waals surface area (Å²) in [5, 5.41) is 4.02. The van der Waals surface area contributed by atoms with Crippen LogP contribution in [-0.4, -0.2) is 38.7 Å². The van der Waals surface area contributed by atoms with Gasteiger partial charge < -0.3 is 4.90 Å². The Morgan fingerprint density at radius 3 is 2.86 bits per heavy atom. The molecule has 2 heterocycles. The molecule has 1 amide bonds. The highest BCUT2D eigenvalue weighted by Crippen LogP contribution is 2.27. The van der Waals surface area contributed by atoms with Gasteiger partial charge in [0.2, 0.25) is 5.91 Å². The van der Waals surface area contributed by atoms with E-state index in [0.717, 1.165) is 31.5 Å². The fourth-order valence-electron chi connectivity index (χ4n) is 2.89. The van der Waals surface area contributed by atoms with Crippen molar-refractivity contribution in [1.82, 2.24) is 19.7 Å². The van der Waals surface area contributed by atoms with E-state index in [1.807, 2.05) is 17.0 Å². The fraction of sp³-hybridized carbons (Fsp3) is 0.438. The Morgan fingerprint density at radius 1 is 1.32 bits per heavy atom. The molecule has 1 fully saturated rings. The van der Waals surface area contributed by atoms with E-state index in [0.29, 0.717) is 18.9 Å². The van der Waals surface area contributed by atoms with E-state index in [2.05, 4.69) is 10.1 Å². The predicted molar refractivity (Wildman–Crippen MR) is 79.6 cm³/mol. The first-order chi connectivity index (χ1) is 10.7. The van der Waals surface area contributed by atoms with Crippen molar-refractivity contribution >= 4 is 5.91 Å². The quantitative estimate of drug-likeness (QED) is 0.851. The topological polar surface area (TPSA) is 51.0 Å². The summed E-state index contributed by atoms with van der Waals surface area (Å²) in [6, 6.07) is 6.60. The maximum Gasteiger partial charge on any atom is 0.222 e. The highest BCUT2D eigenvalue weighted by Gasteiger charge is 2.26. The molecular formula is C16H19FN4O. The minimum absolute atomic E-state index is 0.185. The van der Waals surface area contributed by atoms with Crippen LogP contribution in [-0.2, 0) is 11.3 Å². The molecule has 22 heavy (non-hydrogen) atoms. The van der Waals surface area contributed by atoms with Crippen molar-refractivity contribution in [3.63, 3.8) is 0 Å². The van der Waals surface area contributed by atoms with Crippen molar-refractivity contribution in [2.75, 3.05) is 13.1 Å².